The summed E-state index contributed by atoms with van der Waals surface area (Å²) < 4.78 is 3.55. The average Bonchev–Trinajstić information content (AvgIpc) is 1.61. The van der Waals surface area contributed by atoms with E-state index >= 15 is 0 Å². The predicted molar refractivity (Wildman–Crippen MR) is 407 cm³/mol. The zero-order valence-electron chi connectivity index (χ0n) is 60.7. The van der Waals surface area contributed by atoms with Crippen LogP contribution in [-0.2, 0) is 49.4 Å². The Hall–Kier alpha value is -8.24. The van der Waals surface area contributed by atoms with Crippen LogP contribution in [0.1, 0.15) is 277 Å². The monoisotopic (exact) mass is 1320 g/mol. The van der Waals surface area contributed by atoms with E-state index in [4.69, 9.17) is 19.9 Å². The maximum atomic E-state index is 11.5. The van der Waals surface area contributed by atoms with Gasteiger partial charge >= 0.3 is 0 Å². The van der Waals surface area contributed by atoms with Gasteiger partial charge < -0.3 is 20.4 Å². The first kappa shape index (κ1) is 74.0. The summed E-state index contributed by atoms with van der Waals surface area (Å²) in [4.78, 5) is 20.0. The van der Waals surface area contributed by atoms with Gasteiger partial charge in [0.1, 0.15) is 22.9 Å². The Kier molecular flexibility index (Phi) is 28.0. The Bertz CT molecular complexity index is 3980. The zero-order chi connectivity index (χ0) is 69.3. The lowest BCUT2D eigenvalue weighted by molar-refractivity contribution is 0.441. The molecule has 520 valence electrons. The smallest absolute Gasteiger partial charge is 0.219 e. The molecule has 0 saturated heterocycles. The van der Waals surface area contributed by atoms with E-state index in [0.717, 1.165) is 69.0 Å². The Morgan fingerprint density at radius 2 is 0.541 bits per heavy atom. The number of aromatic hydroxyl groups is 4. The van der Waals surface area contributed by atoms with Crippen LogP contribution in [0, 0.1) is 0 Å². The lowest BCUT2D eigenvalue weighted by Gasteiger charge is -2.19. The summed E-state index contributed by atoms with van der Waals surface area (Å²) in [5.74, 6) is 0.729. The van der Waals surface area contributed by atoms with Crippen LogP contribution in [0.2, 0.25) is 0 Å². The number of rotatable bonds is 36. The summed E-state index contributed by atoms with van der Waals surface area (Å²) in [6.45, 7) is 17.8. The molecule has 0 spiro atoms. The van der Waals surface area contributed by atoms with E-state index in [2.05, 4.69) is 152 Å². The number of fused-ring (bicyclic) bond motifs is 2. The molecule has 10 nitrogen and oxygen atoms in total. The summed E-state index contributed by atoms with van der Waals surface area (Å²) in [7, 11) is 0. The number of hydrogen-bond acceptors (Lipinski definition) is 8. The molecule has 0 aliphatic carbocycles. The fourth-order valence-electron chi connectivity index (χ4n) is 13.3. The van der Waals surface area contributed by atoms with Crippen LogP contribution in [0.4, 0.5) is 0 Å². The second-order valence-corrected chi connectivity index (χ2v) is 29.9. The molecular weight excluding hydrogens is 1210 g/mol. The van der Waals surface area contributed by atoms with Crippen molar-refractivity contribution in [2.24, 2.45) is 0 Å². The van der Waals surface area contributed by atoms with Gasteiger partial charge in [-0.05, 0) is 117 Å². The van der Waals surface area contributed by atoms with Gasteiger partial charge in [0.25, 0.3) is 0 Å². The maximum absolute atomic E-state index is 11.5. The summed E-state index contributed by atoms with van der Waals surface area (Å²) in [6.07, 6.45) is 41.0. The van der Waals surface area contributed by atoms with Crippen LogP contribution in [0.3, 0.4) is 0 Å². The van der Waals surface area contributed by atoms with Gasteiger partial charge in [-0.25, -0.2) is 19.9 Å². The van der Waals surface area contributed by atoms with Gasteiger partial charge in [-0.2, -0.15) is 0 Å². The highest BCUT2D eigenvalue weighted by molar-refractivity contribution is 5.65. The molecule has 0 bridgehead atoms. The lowest BCUT2D eigenvalue weighted by Crippen LogP contribution is -2.10. The molecule has 0 aliphatic rings. The predicted octanol–water partition coefficient (Wildman–Crippen LogP) is 23.1. The molecule has 10 rings (SSSR count). The molecule has 0 amide bonds. The van der Waals surface area contributed by atoms with E-state index in [1.54, 1.807) is 33.1 Å². The van der Waals surface area contributed by atoms with E-state index in [1.165, 1.54) is 176 Å². The van der Waals surface area contributed by atoms with Gasteiger partial charge in [0.05, 0.1) is 22.8 Å². The molecule has 0 fully saturated rings. The standard InChI is InChI=1S/2C44H57N3O2/c1-5-6-7-8-9-10-11-12-13-14-15-16-17-33-18-20-34(21-19-33)31-40-43(49)47-32-41(36-24-26-37(27-25-36)44(2,3)4)45-39(42(47)46-40)30-35-22-28-38(48)29-23-35;1-5-6-7-8-9-10-11-12-13-14-15-16-17-33-18-20-34(21-19-33)31-40-43(49)47-32-41(36-24-28-38(48)29-25-36)45-39(42(47)46-40)30-35-22-26-37(27-23-35)44(2,3)4/h2*18-29,32,48-49H,5-17,30-31H2,1-4H3. The van der Waals surface area contributed by atoms with Gasteiger partial charge in [-0.15, -0.1) is 0 Å². The third kappa shape index (κ3) is 22.4. The summed E-state index contributed by atoms with van der Waals surface area (Å²) in [5, 5.41) is 42.6. The average molecular weight is 1320 g/mol. The minimum atomic E-state index is 0.0576. The van der Waals surface area contributed by atoms with E-state index in [9.17, 15) is 20.4 Å². The Labute approximate surface area is 587 Å². The van der Waals surface area contributed by atoms with Crippen molar-refractivity contribution in [3.63, 3.8) is 0 Å². The van der Waals surface area contributed by atoms with Crippen LogP contribution >= 0.6 is 0 Å². The van der Waals surface area contributed by atoms with E-state index in [-0.39, 0.29) is 34.1 Å². The lowest BCUT2D eigenvalue weighted by atomic mass is 9.86. The quantitative estimate of drug-likeness (QED) is 0.0285. The van der Waals surface area contributed by atoms with Gasteiger partial charge in [-0.3, -0.25) is 8.80 Å². The van der Waals surface area contributed by atoms with Crippen molar-refractivity contribution in [3.8, 4) is 45.8 Å². The van der Waals surface area contributed by atoms with Crippen LogP contribution in [0.25, 0.3) is 33.8 Å². The number of aryl methyl sites for hydroxylation is 2. The highest BCUT2D eigenvalue weighted by Gasteiger charge is 2.22. The Morgan fingerprint density at radius 3 is 0.867 bits per heavy atom. The third-order valence-electron chi connectivity index (χ3n) is 19.6. The van der Waals surface area contributed by atoms with Crippen molar-refractivity contribution in [3.05, 3.63) is 225 Å². The molecule has 4 N–H and O–H groups in total. The Morgan fingerprint density at radius 1 is 0.286 bits per heavy atom. The summed E-state index contributed by atoms with van der Waals surface area (Å²) in [6, 6.07) is 49.1. The van der Waals surface area contributed by atoms with Crippen LogP contribution in [0.15, 0.2) is 158 Å². The molecule has 98 heavy (non-hydrogen) atoms. The van der Waals surface area contributed by atoms with Crippen molar-refractivity contribution in [2.75, 3.05) is 0 Å². The van der Waals surface area contributed by atoms with E-state index in [0.29, 0.717) is 48.4 Å². The first-order valence-corrected chi connectivity index (χ1v) is 37.5. The van der Waals surface area contributed by atoms with E-state index < -0.39 is 0 Å². The molecule has 0 saturated carbocycles. The molecule has 6 aromatic carbocycles. The largest absolute Gasteiger partial charge is 0.508 e. The zero-order valence-corrected chi connectivity index (χ0v) is 60.7. The third-order valence-corrected chi connectivity index (χ3v) is 19.6. The van der Waals surface area contributed by atoms with Crippen LogP contribution in [0.5, 0.6) is 23.3 Å². The second kappa shape index (κ2) is 37.1. The normalized spacial score (nSPS) is 11.8. The maximum Gasteiger partial charge on any atom is 0.219 e. The first-order chi connectivity index (χ1) is 47.4. The molecule has 0 radical (unpaired) electrons. The first-order valence-electron chi connectivity index (χ1n) is 37.5. The molecular formula is C88H114N6O4. The highest BCUT2D eigenvalue weighted by atomic mass is 16.3. The number of imidazole rings is 2. The van der Waals surface area contributed by atoms with Gasteiger partial charge in [0, 0.05) is 49.2 Å². The number of aromatic nitrogens is 6. The molecule has 0 aliphatic heterocycles. The fourth-order valence-corrected chi connectivity index (χ4v) is 13.3. The number of hydrogen-bond donors (Lipinski definition) is 4. The second-order valence-electron chi connectivity index (χ2n) is 29.9. The van der Waals surface area contributed by atoms with Gasteiger partial charge in [-0.1, -0.05) is 306 Å². The summed E-state index contributed by atoms with van der Waals surface area (Å²) in [5.41, 5.74) is 17.4. The van der Waals surface area contributed by atoms with Crippen molar-refractivity contribution in [2.45, 2.75) is 259 Å². The molecule has 10 heteroatoms. The SMILES string of the molecule is CCCCCCCCCCCCCCc1ccc(Cc2nc3c(Cc4ccc(C(C)(C)C)cc4)nc(-c4ccc(O)cc4)cn3c2O)cc1.CCCCCCCCCCCCCCc1ccc(Cc2nc3c(Cc4ccc(O)cc4)nc(-c4ccc(C(C)(C)C)cc4)cn3c2O)cc1. The van der Waals surface area contributed by atoms with Crippen LogP contribution in [-0.4, -0.2) is 49.2 Å². The molecule has 4 heterocycles. The topological polar surface area (TPSA) is 141 Å². The summed E-state index contributed by atoms with van der Waals surface area (Å²) >= 11 is 0. The number of phenolic OH excluding ortho intramolecular Hbond substituents is 2. The van der Waals surface area contributed by atoms with Gasteiger partial charge in [0.2, 0.25) is 11.8 Å². The Balaban J connectivity index is 0.000000229. The van der Waals surface area contributed by atoms with Crippen molar-refractivity contribution >= 4 is 11.3 Å². The van der Waals surface area contributed by atoms with E-state index in [1.807, 2.05) is 36.7 Å². The van der Waals surface area contributed by atoms with Crippen molar-refractivity contribution < 1.29 is 20.4 Å². The molecule has 0 unspecified atom stereocenters. The van der Waals surface area contributed by atoms with Crippen molar-refractivity contribution in [1.82, 2.24) is 28.7 Å². The molecule has 4 aromatic heterocycles. The number of phenols is 2. The van der Waals surface area contributed by atoms with Crippen molar-refractivity contribution in [1.29, 1.82) is 0 Å². The minimum Gasteiger partial charge on any atom is -0.508 e. The van der Waals surface area contributed by atoms with Gasteiger partial charge in [0.15, 0.2) is 11.3 Å². The van der Waals surface area contributed by atoms with Crippen LogP contribution < -0.4 is 0 Å². The number of nitrogens with zero attached hydrogens (tertiary/aromatic N) is 6. The molecule has 10 aromatic rings. The minimum absolute atomic E-state index is 0.0576. The molecule has 0 atom stereocenters. The number of unbranched alkanes of at least 4 members (excludes halogenated alkanes) is 22. The fraction of sp³-hybridized carbons (Fsp3) is 0.455. The number of benzene rings is 6. The highest BCUT2D eigenvalue weighted by Crippen LogP contribution is 2.34.